The molecule has 0 radical (unpaired) electrons. The van der Waals surface area contributed by atoms with Crippen LogP contribution in [-0.4, -0.2) is 16.5 Å². The Hall–Kier alpha value is -1.68. The lowest BCUT2D eigenvalue weighted by molar-refractivity contribution is 0.628. The first-order valence-electron chi connectivity index (χ1n) is 7.28. The van der Waals surface area contributed by atoms with Gasteiger partial charge in [-0.15, -0.1) is 0 Å². The van der Waals surface area contributed by atoms with Crippen LogP contribution in [0.3, 0.4) is 0 Å². The highest BCUT2D eigenvalue weighted by Gasteiger charge is 2.20. The lowest BCUT2D eigenvalue weighted by Gasteiger charge is -2.12. The van der Waals surface area contributed by atoms with E-state index in [2.05, 4.69) is 22.2 Å². The van der Waals surface area contributed by atoms with Crippen molar-refractivity contribution in [3.8, 4) is 11.4 Å². The molecule has 3 rings (SSSR count). The van der Waals surface area contributed by atoms with E-state index in [0.29, 0.717) is 16.4 Å². The molecule has 1 aromatic carbocycles. The zero-order chi connectivity index (χ0) is 14.8. The lowest BCUT2D eigenvalue weighted by Crippen LogP contribution is -2.08. The van der Waals surface area contributed by atoms with E-state index in [1.165, 1.54) is 17.7 Å². The van der Waals surface area contributed by atoms with E-state index < -0.39 is 0 Å². The van der Waals surface area contributed by atoms with Gasteiger partial charge < -0.3 is 5.32 Å². The largest absolute Gasteiger partial charge is 0.370 e. The van der Waals surface area contributed by atoms with E-state index >= 15 is 0 Å². The first kappa shape index (κ1) is 14.3. The molecule has 0 atom stereocenters. The van der Waals surface area contributed by atoms with Crippen molar-refractivity contribution >= 4 is 17.4 Å². The monoisotopic (exact) mass is 305 g/mol. The standard InChI is InChI=1S/C16H17ClFN3/c1-2-8-19-15-12-4-3-5-14(12)20-16(21-15)11-7-6-10(18)9-13(11)17/h6-7,9H,2-5,8H2,1H3,(H,19,20,21). The molecule has 1 aromatic heterocycles. The molecular formula is C16H17ClFN3. The minimum Gasteiger partial charge on any atom is -0.370 e. The van der Waals surface area contributed by atoms with E-state index in [-0.39, 0.29) is 5.82 Å². The topological polar surface area (TPSA) is 37.8 Å². The van der Waals surface area contributed by atoms with Crippen molar-refractivity contribution < 1.29 is 4.39 Å². The van der Waals surface area contributed by atoms with Gasteiger partial charge in [0, 0.05) is 23.4 Å². The highest BCUT2D eigenvalue weighted by Crippen LogP contribution is 2.32. The number of nitrogens with one attached hydrogen (secondary N) is 1. The molecule has 5 heteroatoms. The van der Waals surface area contributed by atoms with E-state index in [1.807, 2.05) is 0 Å². The molecule has 1 aliphatic rings. The molecule has 0 bridgehead atoms. The Labute approximate surface area is 128 Å². The van der Waals surface area contributed by atoms with Crippen LogP contribution in [0.1, 0.15) is 31.0 Å². The molecule has 2 aromatic rings. The third-order valence-corrected chi connectivity index (χ3v) is 3.96. The average Bonchev–Trinajstić information content (AvgIpc) is 2.93. The molecule has 110 valence electrons. The Kier molecular flexibility index (Phi) is 4.06. The van der Waals surface area contributed by atoms with Gasteiger partial charge in [0.05, 0.1) is 5.02 Å². The summed E-state index contributed by atoms with van der Waals surface area (Å²) in [7, 11) is 0. The molecule has 1 heterocycles. The molecule has 0 saturated carbocycles. The molecular weight excluding hydrogens is 289 g/mol. The Morgan fingerprint density at radius 1 is 1.29 bits per heavy atom. The van der Waals surface area contributed by atoms with Crippen molar-refractivity contribution in [2.75, 3.05) is 11.9 Å². The number of aryl methyl sites for hydroxylation is 1. The SMILES string of the molecule is CCCNc1nc(-c2ccc(F)cc2Cl)nc2c1CCC2. The lowest BCUT2D eigenvalue weighted by atomic mass is 10.1. The maximum atomic E-state index is 13.2. The van der Waals surface area contributed by atoms with Gasteiger partial charge in [0.25, 0.3) is 0 Å². The minimum absolute atomic E-state index is 0.342. The van der Waals surface area contributed by atoms with E-state index in [4.69, 9.17) is 11.6 Å². The third kappa shape index (κ3) is 2.86. The number of aromatic nitrogens is 2. The summed E-state index contributed by atoms with van der Waals surface area (Å²) in [5.74, 6) is 1.11. The van der Waals surface area contributed by atoms with Gasteiger partial charge in [0.2, 0.25) is 0 Å². The molecule has 0 amide bonds. The number of halogens is 2. The molecule has 0 unspecified atom stereocenters. The Balaban J connectivity index is 2.06. The number of anilines is 1. The van der Waals surface area contributed by atoms with Gasteiger partial charge in [0.1, 0.15) is 11.6 Å². The number of hydrogen-bond donors (Lipinski definition) is 1. The number of rotatable bonds is 4. The second-order valence-corrected chi connectivity index (χ2v) is 5.63. The van der Waals surface area contributed by atoms with Gasteiger partial charge in [-0.2, -0.15) is 0 Å². The molecule has 21 heavy (non-hydrogen) atoms. The predicted molar refractivity (Wildman–Crippen MR) is 83.2 cm³/mol. The molecule has 1 N–H and O–H groups in total. The average molecular weight is 306 g/mol. The van der Waals surface area contributed by atoms with Crippen molar-refractivity contribution in [3.05, 3.63) is 40.3 Å². The fourth-order valence-electron chi connectivity index (χ4n) is 2.61. The van der Waals surface area contributed by atoms with E-state index in [1.54, 1.807) is 6.07 Å². The second kappa shape index (κ2) is 5.98. The number of nitrogens with zero attached hydrogens (tertiary/aromatic N) is 2. The first-order chi connectivity index (χ1) is 10.2. The fraction of sp³-hybridized carbons (Fsp3) is 0.375. The molecule has 0 spiro atoms. The van der Waals surface area contributed by atoms with Crippen LogP contribution in [0.15, 0.2) is 18.2 Å². The van der Waals surface area contributed by atoms with Gasteiger partial charge in [-0.25, -0.2) is 14.4 Å². The van der Waals surface area contributed by atoms with Crippen LogP contribution >= 0.6 is 11.6 Å². The summed E-state index contributed by atoms with van der Waals surface area (Å²) in [6.07, 6.45) is 4.11. The summed E-state index contributed by atoms with van der Waals surface area (Å²) in [6.45, 7) is 2.99. The summed E-state index contributed by atoms with van der Waals surface area (Å²) in [4.78, 5) is 9.24. The van der Waals surface area contributed by atoms with Crippen LogP contribution in [0.5, 0.6) is 0 Å². The fourth-order valence-corrected chi connectivity index (χ4v) is 2.87. The van der Waals surface area contributed by atoms with Crippen molar-refractivity contribution in [1.29, 1.82) is 0 Å². The van der Waals surface area contributed by atoms with Crippen LogP contribution < -0.4 is 5.32 Å². The van der Waals surface area contributed by atoms with Crippen LogP contribution in [-0.2, 0) is 12.8 Å². The van der Waals surface area contributed by atoms with Crippen molar-refractivity contribution in [1.82, 2.24) is 9.97 Å². The van der Waals surface area contributed by atoms with Crippen LogP contribution in [0.4, 0.5) is 10.2 Å². The van der Waals surface area contributed by atoms with Gasteiger partial charge in [-0.3, -0.25) is 0 Å². The van der Waals surface area contributed by atoms with Crippen molar-refractivity contribution in [2.45, 2.75) is 32.6 Å². The molecule has 3 nitrogen and oxygen atoms in total. The number of fused-ring (bicyclic) bond motifs is 1. The summed E-state index contributed by atoms with van der Waals surface area (Å²) >= 11 is 6.13. The van der Waals surface area contributed by atoms with Crippen molar-refractivity contribution in [3.63, 3.8) is 0 Å². The van der Waals surface area contributed by atoms with Gasteiger partial charge in [-0.1, -0.05) is 18.5 Å². The summed E-state index contributed by atoms with van der Waals surface area (Å²) in [5.41, 5.74) is 2.97. The predicted octanol–water partition coefficient (Wildman–Crippen LogP) is 4.25. The van der Waals surface area contributed by atoms with Gasteiger partial charge in [0.15, 0.2) is 5.82 Å². The molecule has 0 saturated heterocycles. The maximum Gasteiger partial charge on any atom is 0.163 e. The van der Waals surface area contributed by atoms with Gasteiger partial charge in [-0.05, 0) is 43.9 Å². The summed E-state index contributed by atoms with van der Waals surface area (Å²) < 4.78 is 13.2. The molecule has 0 fully saturated rings. The second-order valence-electron chi connectivity index (χ2n) is 5.23. The normalized spacial score (nSPS) is 13.3. The minimum atomic E-state index is -0.353. The zero-order valence-corrected chi connectivity index (χ0v) is 12.7. The Morgan fingerprint density at radius 3 is 2.90 bits per heavy atom. The Bertz CT molecular complexity index is 673. The van der Waals surface area contributed by atoms with Crippen LogP contribution in [0, 0.1) is 5.82 Å². The van der Waals surface area contributed by atoms with E-state index in [0.717, 1.165) is 43.7 Å². The zero-order valence-electron chi connectivity index (χ0n) is 11.9. The number of benzene rings is 1. The van der Waals surface area contributed by atoms with Crippen LogP contribution in [0.2, 0.25) is 5.02 Å². The molecule has 0 aliphatic heterocycles. The van der Waals surface area contributed by atoms with Crippen molar-refractivity contribution in [2.24, 2.45) is 0 Å². The van der Waals surface area contributed by atoms with Crippen LogP contribution in [0.25, 0.3) is 11.4 Å². The Morgan fingerprint density at radius 2 is 2.14 bits per heavy atom. The summed E-state index contributed by atoms with van der Waals surface area (Å²) in [5, 5.41) is 3.71. The molecule has 1 aliphatic carbocycles. The summed E-state index contributed by atoms with van der Waals surface area (Å²) in [6, 6.07) is 4.32. The number of hydrogen-bond acceptors (Lipinski definition) is 3. The highest BCUT2D eigenvalue weighted by molar-refractivity contribution is 6.33. The maximum absolute atomic E-state index is 13.2. The quantitative estimate of drug-likeness (QED) is 0.917. The first-order valence-corrected chi connectivity index (χ1v) is 7.66. The van der Waals surface area contributed by atoms with Gasteiger partial charge >= 0.3 is 0 Å². The smallest absolute Gasteiger partial charge is 0.163 e. The van der Waals surface area contributed by atoms with E-state index in [9.17, 15) is 4.39 Å². The third-order valence-electron chi connectivity index (χ3n) is 3.65. The highest BCUT2D eigenvalue weighted by atomic mass is 35.5.